The summed E-state index contributed by atoms with van der Waals surface area (Å²) in [6.45, 7) is 3.20. The quantitative estimate of drug-likeness (QED) is 0.768. The van der Waals surface area contributed by atoms with E-state index in [0.717, 1.165) is 64.1 Å². The number of carbonyl (C=O) groups is 1. The zero-order valence-corrected chi connectivity index (χ0v) is 17.3. The second-order valence-corrected chi connectivity index (χ2v) is 8.61. The largest absolute Gasteiger partial charge is 0.339 e. The maximum atomic E-state index is 12.9. The second-order valence-electron chi connectivity index (χ2n) is 8.61. The van der Waals surface area contributed by atoms with E-state index in [0.29, 0.717) is 23.4 Å². The van der Waals surface area contributed by atoms with Crippen LogP contribution in [0.4, 0.5) is 12.0 Å². The smallest absolute Gasteiger partial charge is 0.324 e. The summed E-state index contributed by atoms with van der Waals surface area (Å²) in [5.41, 5.74) is 6.46. The molecule has 1 unspecified atom stereocenters. The van der Waals surface area contributed by atoms with Gasteiger partial charge in [0, 0.05) is 63.6 Å². The van der Waals surface area contributed by atoms with Gasteiger partial charge in [-0.05, 0) is 32.1 Å². The zero-order chi connectivity index (χ0) is 20.7. The highest BCUT2D eigenvalue weighted by Crippen LogP contribution is 2.39. The van der Waals surface area contributed by atoms with Gasteiger partial charge >= 0.3 is 6.01 Å². The molecular formula is C20H28N8O2. The van der Waals surface area contributed by atoms with Gasteiger partial charge in [0.25, 0.3) is 5.91 Å². The molecule has 2 N–H and O–H groups in total. The van der Waals surface area contributed by atoms with Crippen molar-refractivity contribution in [1.82, 2.24) is 25.0 Å². The van der Waals surface area contributed by atoms with E-state index in [1.54, 1.807) is 12.4 Å². The lowest BCUT2D eigenvalue weighted by Gasteiger charge is -2.35. The number of amides is 1. The second kappa shape index (κ2) is 7.82. The van der Waals surface area contributed by atoms with E-state index in [-0.39, 0.29) is 18.0 Å². The molecule has 2 aromatic heterocycles. The van der Waals surface area contributed by atoms with Crippen LogP contribution in [-0.4, -0.2) is 76.2 Å². The number of hydrogen-bond acceptors (Lipinski definition) is 9. The fraction of sp³-hybridized carbons (Fsp3) is 0.650. The predicted octanol–water partition coefficient (Wildman–Crippen LogP) is 1.02. The number of anilines is 2. The first-order valence-corrected chi connectivity index (χ1v) is 10.8. The molecule has 1 aliphatic carbocycles. The summed E-state index contributed by atoms with van der Waals surface area (Å²) in [6, 6.07) is 0.935. The Labute approximate surface area is 175 Å². The van der Waals surface area contributed by atoms with Crippen molar-refractivity contribution < 1.29 is 9.32 Å². The minimum Gasteiger partial charge on any atom is -0.339 e. The maximum absolute atomic E-state index is 12.9. The molecule has 2 aliphatic heterocycles. The Hall–Kier alpha value is -2.75. The summed E-state index contributed by atoms with van der Waals surface area (Å²) in [7, 11) is 1.86. The fourth-order valence-corrected chi connectivity index (χ4v) is 4.24. The number of nitrogens with two attached hydrogens (primary N) is 1. The van der Waals surface area contributed by atoms with Gasteiger partial charge in [-0.25, -0.2) is 9.97 Å². The molecule has 10 nitrogen and oxygen atoms in total. The number of nitrogens with zero attached hydrogens (tertiary/aromatic N) is 7. The number of carbonyl (C=O) groups excluding carboxylic acids is 1. The highest BCUT2D eigenvalue weighted by atomic mass is 16.5. The van der Waals surface area contributed by atoms with Gasteiger partial charge in [-0.3, -0.25) is 4.79 Å². The Morgan fingerprint density at radius 3 is 2.43 bits per heavy atom. The molecule has 0 spiro atoms. The molecule has 1 saturated carbocycles. The number of hydrogen-bond donors (Lipinski definition) is 1. The van der Waals surface area contributed by atoms with Gasteiger partial charge in [-0.2, -0.15) is 4.98 Å². The molecule has 0 aromatic carbocycles. The van der Waals surface area contributed by atoms with Gasteiger partial charge < -0.3 is 25.0 Å². The van der Waals surface area contributed by atoms with E-state index in [1.807, 2.05) is 11.9 Å². The molecule has 4 heterocycles. The molecule has 0 radical (unpaired) electrons. The Morgan fingerprint density at radius 2 is 1.80 bits per heavy atom. The zero-order valence-electron chi connectivity index (χ0n) is 17.3. The Morgan fingerprint density at radius 1 is 1.10 bits per heavy atom. The standard InChI is InChI=1S/C20H28N8O2/c1-26(18(29)14-10-22-19(23-11-14)28-7-4-15(21)12-28)16-5-8-27(9-6-16)20-24-17(25-30-20)13-2-3-13/h10-11,13,15-16H,2-9,12,21H2,1H3. The van der Waals surface area contributed by atoms with Gasteiger partial charge in [0.05, 0.1) is 5.56 Å². The van der Waals surface area contributed by atoms with Gasteiger partial charge in [-0.15, -0.1) is 0 Å². The third-order valence-corrected chi connectivity index (χ3v) is 6.37. The van der Waals surface area contributed by atoms with E-state index >= 15 is 0 Å². The Kier molecular flexibility index (Phi) is 5.01. The van der Waals surface area contributed by atoms with Gasteiger partial charge in [0.15, 0.2) is 5.82 Å². The van der Waals surface area contributed by atoms with E-state index in [1.165, 1.54) is 0 Å². The van der Waals surface area contributed by atoms with E-state index in [2.05, 4.69) is 29.9 Å². The van der Waals surface area contributed by atoms with Crippen molar-refractivity contribution >= 4 is 17.9 Å². The molecule has 0 bridgehead atoms. The lowest BCUT2D eigenvalue weighted by atomic mass is 10.0. The topological polar surface area (TPSA) is 118 Å². The highest BCUT2D eigenvalue weighted by Gasteiger charge is 2.32. The Bertz CT molecular complexity index is 888. The summed E-state index contributed by atoms with van der Waals surface area (Å²) < 4.78 is 5.43. The van der Waals surface area contributed by atoms with Crippen LogP contribution in [0.25, 0.3) is 0 Å². The third kappa shape index (κ3) is 3.83. The van der Waals surface area contributed by atoms with Crippen LogP contribution in [0.15, 0.2) is 16.9 Å². The van der Waals surface area contributed by atoms with Crippen LogP contribution in [0.3, 0.4) is 0 Å². The van der Waals surface area contributed by atoms with Gasteiger partial charge in [0.2, 0.25) is 5.95 Å². The normalized spacial score (nSPS) is 22.5. The van der Waals surface area contributed by atoms with Crippen LogP contribution in [-0.2, 0) is 0 Å². The molecule has 3 aliphatic rings. The molecule has 1 atom stereocenters. The summed E-state index contributed by atoms with van der Waals surface area (Å²) in [5, 5.41) is 4.10. The number of rotatable bonds is 5. The lowest BCUT2D eigenvalue weighted by Crippen LogP contribution is -2.45. The van der Waals surface area contributed by atoms with Crippen LogP contribution in [0.2, 0.25) is 0 Å². The Balaban J connectivity index is 1.16. The molecule has 5 rings (SSSR count). The summed E-state index contributed by atoms with van der Waals surface area (Å²) in [6.07, 6.45) is 8.21. The first kappa shape index (κ1) is 19.2. The van der Waals surface area contributed by atoms with Crippen molar-refractivity contribution in [3.05, 3.63) is 23.8 Å². The van der Waals surface area contributed by atoms with Crippen molar-refractivity contribution in [2.24, 2.45) is 5.73 Å². The molecule has 2 saturated heterocycles. The number of aromatic nitrogens is 4. The SMILES string of the molecule is CN(C(=O)c1cnc(N2CCC(N)C2)nc1)C1CCN(c2nc(C3CC3)no2)CC1. The van der Waals surface area contributed by atoms with Crippen LogP contribution >= 0.6 is 0 Å². The van der Waals surface area contributed by atoms with Gasteiger partial charge in [0.1, 0.15) is 0 Å². The van der Waals surface area contributed by atoms with E-state index in [9.17, 15) is 4.79 Å². The number of piperidine rings is 1. The van der Waals surface area contributed by atoms with Crippen molar-refractivity contribution in [2.45, 2.75) is 50.1 Å². The molecule has 10 heteroatoms. The first-order chi connectivity index (χ1) is 14.6. The van der Waals surface area contributed by atoms with Crippen LogP contribution in [0.5, 0.6) is 0 Å². The summed E-state index contributed by atoms with van der Waals surface area (Å²) in [4.78, 5) is 32.2. The van der Waals surface area contributed by atoms with Crippen LogP contribution in [0, 0.1) is 0 Å². The summed E-state index contributed by atoms with van der Waals surface area (Å²) in [5.74, 6) is 1.91. The molecule has 30 heavy (non-hydrogen) atoms. The first-order valence-electron chi connectivity index (χ1n) is 10.8. The maximum Gasteiger partial charge on any atom is 0.324 e. The van der Waals surface area contributed by atoms with Crippen LogP contribution in [0.1, 0.15) is 54.2 Å². The summed E-state index contributed by atoms with van der Waals surface area (Å²) >= 11 is 0. The highest BCUT2D eigenvalue weighted by molar-refractivity contribution is 5.93. The molecule has 2 aromatic rings. The van der Waals surface area contributed by atoms with E-state index < -0.39 is 0 Å². The molecule has 1 amide bonds. The van der Waals surface area contributed by atoms with Crippen LogP contribution < -0.4 is 15.5 Å². The van der Waals surface area contributed by atoms with Crippen molar-refractivity contribution in [3.8, 4) is 0 Å². The molecule has 3 fully saturated rings. The third-order valence-electron chi connectivity index (χ3n) is 6.37. The van der Waals surface area contributed by atoms with Crippen molar-refractivity contribution in [2.75, 3.05) is 43.0 Å². The monoisotopic (exact) mass is 412 g/mol. The van der Waals surface area contributed by atoms with Gasteiger partial charge in [-0.1, -0.05) is 5.16 Å². The lowest BCUT2D eigenvalue weighted by molar-refractivity contribution is 0.0707. The van der Waals surface area contributed by atoms with E-state index in [4.69, 9.17) is 10.3 Å². The minimum absolute atomic E-state index is 0.0491. The predicted molar refractivity (Wildman–Crippen MR) is 110 cm³/mol. The fourth-order valence-electron chi connectivity index (χ4n) is 4.24. The average molecular weight is 412 g/mol. The molecular weight excluding hydrogens is 384 g/mol. The minimum atomic E-state index is -0.0491. The molecule has 160 valence electrons. The van der Waals surface area contributed by atoms with Crippen molar-refractivity contribution in [3.63, 3.8) is 0 Å². The average Bonchev–Trinajstić information content (AvgIpc) is 3.35. The van der Waals surface area contributed by atoms with Crippen molar-refractivity contribution in [1.29, 1.82) is 0 Å².